The first-order valence-corrected chi connectivity index (χ1v) is 4.63. The number of nitrogens with two attached hydrogens (primary N) is 1. The number of hydrogen-bond acceptors (Lipinski definition) is 2. The molecule has 0 spiro atoms. The maximum atomic E-state index is 13.1. The molecule has 0 radical (unpaired) electrons. The molecule has 0 atom stereocenters. The Kier molecular flexibility index (Phi) is 3.78. The molecule has 0 unspecified atom stereocenters. The monoisotopic (exact) mass is 248 g/mol. The predicted molar refractivity (Wildman–Crippen MR) is 54.2 cm³/mol. The van der Waals surface area contributed by atoms with Crippen LogP contribution in [0.5, 0.6) is 0 Å². The van der Waals surface area contributed by atoms with Gasteiger partial charge in [0.2, 0.25) is 5.91 Å². The molecule has 0 aliphatic heterocycles. The standard InChI is InChI=1S/C9H7ClF2N2O2/c10-3-8(15)14-7-1-4(9(13)16)5(11)2-6(7)12/h1-2H,3H2,(H2,13,16)(H,14,15). The molecule has 4 nitrogen and oxygen atoms in total. The largest absolute Gasteiger partial charge is 0.366 e. The summed E-state index contributed by atoms with van der Waals surface area (Å²) in [4.78, 5) is 21.6. The van der Waals surface area contributed by atoms with Gasteiger partial charge in [-0.15, -0.1) is 11.6 Å². The number of rotatable bonds is 3. The molecule has 7 heteroatoms. The SMILES string of the molecule is NC(=O)c1cc(NC(=O)CCl)c(F)cc1F. The van der Waals surface area contributed by atoms with Gasteiger partial charge in [-0.3, -0.25) is 9.59 Å². The Hall–Kier alpha value is -1.69. The van der Waals surface area contributed by atoms with E-state index >= 15 is 0 Å². The third kappa shape index (κ3) is 2.66. The normalized spacial score (nSPS) is 9.94. The van der Waals surface area contributed by atoms with Crippen LogP contribution in [-0.4, -0.2) is 17.7 Å². The molecule has 16 heavy (non-hydrogen) atoms. The number of benzene rings is 1. The Morgan fingerprint density at radius 2 is 1.94 bits per heavy atom. The van der Waals surface area contributed by atoms with E-state index in [0.717, 1.165) is 6.07 Å². The lowest BCUT2D eigenvalue weighted by Gasteiger charge is -2.06. The summed E-state index contributed by atoms with van der Waals surface area (Å²) in [5, 5.41) is 2.06. The van der Waals surface area contributed by atoms with Crippen molar-refractivity contribution in [2.45, 2.75) is 0 Å². The van der Waals surface area contributed by atoms with Gasteiger partial charge in [-0.25, -0.2) is 8.78 Å². The van der Waals surface area contributed by atoms with Crippen molar-refractivity contribution >= 4 is 29.1 Å². The van der Waals surface area contributed by atoms with Crippen molar-refractivity contribution in [1.29, 1.82) is 0 Å². The number of alkyl halides is 1. The van der Waals surface area contributed by atoms with Gasteiger partial charge in [0.25, 0.3) is 5.91 Å². The van der Waals surface area contributed by atoms with Crippen molar-refractivity contribution < 1.29 is 18.4 Å². The zero-order chi connectivity index (χ0) is 12.3. The number of primary amides is 1. The van der Waals surface area contributed by atoms with Gasteiger partial charge in [0.15, 0.2) is 0 Å². The van der Waals surface area contributed by atoms with E-state index in [4.69, 9.17) is 17.3 Å². The van der Waals surface area contributed by atoms with E-state index in [1.54, 1.807) is 0 Å². The summed E-state index contributed by atoms with van der Waals surface area (Å²) < 4.78 is 26.2. The van der Waals surface area contributed by atoms with E-state index in [2.05, 4.69) is 5.32 Å². The maximum absolute atomic E-state index is 13.1. The highest BCUT2D eigenvalue weighted by Crippen LogP contribution is 2.19. The Morgan fingerprint density at radius 3 is 2.44 bits per heavy atom. The minimum atomic E-state index is -1.09. The van der Waals surface area contributed by atoms with E-state index in [0.29, 0.717) is 6.07 Å². The first-order chi connectivity index (χ1) is 7.45. The Morgan fingerprint density at radius 1 is 1.31 bits per heavy atom. The van der Waals surface area contributed by atoms with E-state index in [1.807, 2.05) is 0 Å². The van der Waals surface area contributed by atoms with Crippen LogP contribution in [0.25, 0.3) is 0 Å². The second-order valence-electron chi connectivity index (χ2n) is 2.86. The van der Waals surface area contributed by atoms with Gasteiger partial charge in [0, 0.05) is 6.07 Å². The first-order valence-electron chi connectivity index (χ1n) is 4.10. The highest BCUT2D eigenvalue weighted by molar-refractivity contribution is 6.29. The zero-order valence-electron chi connectivity index (χ0n) is 7.89. The van der Waals surface area contributed by atoms with Crippen LogP contribution in [0.3, 0.4) is 0 Å². The van der Waals surface area contributed by atoms with E-state index in [1.165, 1.54) is 0 Å². The number of carbonyl (C=O) groups excluding carboxylic acids is 2. The van der Waals surface area contributed by atoms with Crippen molar-refractivity contribution in [1.82, 2.24) is 0 Å². The summed E-state index contributed by atoms with van der Waals surface area (Å²) in [6, 6.07) is 1.28. The molecule has 0 saturated heterocycles. The number of amides is 2. The lowest BCUT2D eigenvalue weighted by atomic mass is 10.1. The Bertz CT molecular complexity index is 451. The molecule has 1 rings (SSSR count). The summed E-state index contributed by atoms with van der Waals surface area (Å²) in [6.07, 6.45) is 0. The summed E-state index contributed by atoms with van der Waals surface area (Å²) in [5.41, 5.74) is 4.00. The molecular formula is C9H7ClF2N2O2. The average molecular weight is 249 g/mol. The number of anilines is 1. The van der Waals surface area contributed by atoms with E-state index < -0.39 is 29.0 Å². The molecule has 86 valence electrons. The minimum absolute atomic E-state index is 0.346. The predicted octanol–water partition coefficient (Wildman–Crippen LogP) is 1.24. The topological polar surface area (TPSA) is 72.2 Å². The second-order valence-corrected chi connectivity index (χ2v) is 3.13. The van der Waals surface area contributed by atoms with Gasteiger partial charge in [-0.1, -0.05) is 0 Å². The second kappa shape index (κ2) is 4.89. The first kappa shape index (κ1) is 12.4. The maximum Gasteiger partial charge on any atom is 0.251 e. The van der Waals surface area contributed by atoms with Crippen LogP contribution in [0.2, 0.25) is 0 Å². The molecule has 0 bridgehead atoms. The van der Waals surface area contributed by atoms with Crippen LogP contribution in [0.15, 0.2) is 12.1 Å². The molecule has 0 aliphatic rings. The van der Waals surface area contributed by atoms with Crippen LogP contribution in [0, 0.1) is 11.6 Å². The molecule has 1 aromatic rings. The fourth-order valence-electron chi connectivity index (χ4n) is 1.02. The highest BCUT2D eigenvalue weighted by atomic mass is 35.5. The Labute approximate surface area is 94.4 Å². The van der Waals surface area contributed by atoms with Gasteiger partial charge in [0.05, 0.1) is 11.3 Å². The third-order valence-corrected chi connectivity index (χ3v) is 1.96. The van der Waals surface area contributed by atoms with Crippen molar-refractivity contribution in [3.8, 4) is 0 Å². The van der Waals surface area contributed by atoms with Crippen molar-refractivity contribution in [2.24, 2.45) is 5.73 Å². The number of hydrogen-bond donors (Lipinski definition) is 2. The molecule has 2 amide bonds. The van der Waals surface area contributed by atoms with Crippen LogP contribution in [0.4, 0.5) is 14.5 Å². The Balaban J connectivity index is 3.14. The van der Waals surface area contributed by atoms with Crippen LogP contribution in [-0.2, 0) is 4.79 Å². The highest BCUT2D eigenvalue weighted by Gasteiger charge is 2.14. The zero-order valence-corrected chi connectivity index (χ0v) is 8.65. The third-order valence-electron chi connectivity index (χ3n) is 1.72. The molecule has 3 N–H and O–H groups in total. The van der Waals surface area contributed by atoms with Crippen LogP contribution >= 0.6 is 11.6 Å². The fourth-order valence-corrected chi connectivity index (χ4v) is 1.08. The van der Waals surface area contributed by atoms with Gasteiger partial charge in [-0.2, -0.15) is 0 Å². The minimum Gasteiger partial charge on any atom is -0.366 e. The molecule has 1 aromatic carbocycles. The molecule has 0 aromatic heterocycles. The fraction of sp³-hybridized carbons (Fsp3) is 0.111. The van der Waals surface area contributed by atoms with Crippen LogP contribution in [0.1, 0.15) is 10.4 Å². The molecule has 0 aliphatic carbocycles. The summed E-state index contributed by atoms with van der Waals surface area (Å²) in [7, 11) is 0. The molecule has 0 saturated carbocycles. The lowest BCUT2D eigenvalue weighted by molar-refractivity contribution is -0.113. The summed E-state index contributed by atoms with van der Waals surface area (Å²) in [6.45, 7) is 0. The molecular weight excluding hydrogens is 242 g/mol. The van der Waals surface area contributed by atoms with E-state index in [9.17, 15) is 18.4 Å². The smallest absolute Gasteiger partial charge is 0.251 e. The number of nitrogens with one attached hydrogen (secondary N) is 1. The van der Waals surface area contributed by atoms with Gasteiger partial charge < -0.3 is 11.1 Å². The van der Waals surface area contributed by atoms with Crippen molar-refractivity contribution in [3.63, 3.8) is 0 Å². The van der Waals surface area contributed by atoms with Gasteiger partial charge >= 0.3 is 0 Å². The summed E-state index contributed by atoms with van der Waals surface area (Å²) >= 11 is 5.19. The number of halogens is 3. The summed E-state index contributed by atoms with van der Waals surface area (Å²) in [5.74, 6) is -4.22. The van der Waals surface area contributed by atoms with Gasteiger partial charge in [0.1, 0.15) is 17.5 Å². The van der Waals surface area contributed by atoms with Crippen molar-refractivity contribution in [2.75, 3.05) is 11.2 Å². The van der Waals surface area contributed by atoms with Gasteiger partial charge in [-0.05, 0) is 6.07 Å². The molecule has 0 fully saturated rings. The average Bonchev–Trinajstić information content (AvgIpc) is 2.21. The lowest BCUT2D eigenvalue weighted by Crippen LogP contribution is -2.17. The van der Waals surface area contributed by atoms with E-state index in [-0.39, 0.29) is 11.6 Å². The molecule has 0 heterocycles. The number of carbonyl (C=O) groups is 2. The van der Waals surface area contributed by atoms with Crippen LogP contribution < -0.4 is 11.1 Å². The van der Waals surface area contributed by atoms with Crippen molar-refractivity contribution in [3.05, 3.63) is 29.3 Å². The quantitative estimate of drug-likeness (QED) is 0.790.